The Labute approximate surface area is 735 Å². The van der Waals surface area contributed by atoms with Crippen molar-refractivity contribution < 1.29 is 57.2 Å². The van der Waals surface area contributed by atoms with Crippen molar-refractivity contribution in [1.82, 2.24) is 0 Å². The van der Waals surface area contributed by atoms with Gasteiger partial charge in [0.25, 0.3) is 0 Å². The molecule has 0 saturated heterocycles. The Morgan fingerprint density at radius 2 is 0.231 bits per heavy atom. The van der Waals surface area contributed by atoms with Crippen LogP contribution in [-0.2, 0) is 18.1 Å². The third kappa shape index (κ3) is 59.9. The summed E-state index contributed by atoms with van der Waals surface area (Å²) >= 11 is 0. The highest BCUT2D eigenvalue weighted by Gasteiger charge is 2.82. The normalized spacial score (nSPS) is 13.2. The molecule has 0 aromatic carbocycles. The minimum Gasteiger partial charge on any atom is -0.328 e. The summed E-state index contributed by atoms with van der Waals surface area (Å²) in [6.07, 6.45) is 68.0. The summed E-state index contributed by atoms with van der Waals surface area (Å²) in [6.45, 7) is 37.0. The first-order valence-corrected chi connectivity index (χ1v) is 56.1. The molecule has 0 saturated carbocycles. The van der Waals surface area contributed by atoms with Crippen molar-refractivity contribution >= 4 is 34.4 Å². The lowest BCUT2D eigenvalue weighted by Gasteiger charge is -2.72. The van der Waals surface area contributed by atoms with Gasteiger partial charge in [-0.1, -0.05) is 522 Å². The van der Waals surface area contributed by atoms with Gasteiger partial charge in [0.05, 0.1) is 27.8 Å². The Morgan fingerprint density at radius 3 is 0.316 bits per heavy atom. The van der Waals surface area contributed by atoms with Gasteiger partial charge in [0.15, 0.2) is 0 Å². The highest BCUT2D eigenvalue weighted by atomic mass is 31.2. The summed E-state index contributed by atoms with van der Waals surface area (Å²) in [4.78, 5) is 103. The Balaban J connectivity index is 10.8. The van der Waals surface area contributed by atoms with Gasteiger partial charge in [-0.2, -0.15) is 0 Å². The predicted molar refractivity (Wildman–Crippen MR) is 514 cm³/mol. The summed E-state index contributed by atoms with van der Waals surface area (Å²) in [5, 5.41) is 0. The fourth-order valence-corrected chi connectivity index (χ4v) is 23.1. The van der Waals surface area contributed by atoms with Gasteiger partial charge < -0.3 is 57.2 Å². The molecule has 117 heavy (non-hydrogen) atoms. The minimum atomic E-state index is -3.24. The molecule has 0 amide bonds. The lowest BCUT2D eigenvalue weighted by Crippen LogP contribution is -2.82. The third-order valence-electron chi connectivity index (χ3n) is 26.7. The molecule has 8 N–H and O–H groups in total. The molecule has 0 bridgehead atoms. The van der Waals surface area contributed by atoms with Crippen LogP contribution < -0.4 is 0 Å². The van der Waals surface area contributed by atoms with Crippen LogP contribution in [0.1, 0.15) is 573 Å². The van der Waals surface area contributed by atoms with Crippen LogP contribution in [-0.4, -0.2) is 61.6 Å². The van der Waals surface area contributed by atoms with Crippen LogP contribution in [0.15, 0.2) is 0 Å². The molecule has 0 aliphatic carbocycles. The second kappa shape index (κ2) is 77.2. The van der Waals surface area contributed by atoms with Gasteiger partial charge in [0.2, 0.25) is 0 Å². The molecule has 0 aliphatic heterocycles. The van der Waals surface area contributed by atoms with E-state index >= 15 is 0 Å². The van der Waals surface area contributed by atoms with E-state index < -0.39 is 62.2 Å². The van der Waals surface area contributed by atoms with Crippen LogP contribution in [0.5, 0.6) is 0 Å². The van der Waals surface area contributed by atoms with E-state index in [9.17, 15) is 39.1 Å². The summed E-state index contributed by atoms with van der Waals surface area (Å²) in [7, 11) is -13.0. The summed E-state index contributed by atoms with van der Waals surface area (Å²) < 4.78 is 31.6. The predicted octanol–water partition coefficient (Wildman–Crippen LogP) is 35.2. The maximum absolute atomic E-state index is 12.9. The molecule has 0 fully saturated rings. The molecule has 0 aromatic heterocycles. The van der Waals surface area contributed by atoms with Crippen LogP contribution in [0.25, 0.3) is 0 Å². The van der Waals surface area contributed by atoms with Crippen LogP contribution >= 0.6 is 34.4 Å². The van der Waals surface area contributed by atoms with E-state index in [0.29, 0.717) is 150 Å². The van der Waals surface area contributed by atoms with E-state index in [4.69, 9.17) is 18.1 Å². The van der Waals surface area contributed by atoms with Gasteiger partial charge in [-0.05, 0) is 98.7 Å². The number of unbranched alkanes of at least 4 members (excludes halogenated alkanes) is 48. The highest BCUT2D eigenvalue weighted by Crippen LogP contribution is 2.75. The van der Waals surface area contributed by atoms with Crippen LogP contribution in [0.4, 0.5) is 0 Å². The van der Waals surface area contributed by atoms with Crippen molar-refractivity contribution in [2.75, 3.05) is 0 Å². The smallest absolute Gasteiger partial charge is 0.327 e. The average Bonchev–Trinajstić information content (AvgIpc) is 0.660. The summed E-state index contributed by atoms with van der Waals surface area (Å²) in [6, 6.07) is 0. The zero-order valence-electron chi connectivity index (χ0n) is 81.0. The number of hydrogen-bond acceptors (Lipinski definition) is 12. The number of hydrogen-bond donors (Lipinski definition) is 8. The van der Waals surface area contributed by atoms with Gasteiger partial charge in [-0.15, -0.1) is 0 Å². The SMILES string of the molecule is CC(C)CCCCCCCCCC(CCCCCCCCCC(C)C)(OP(O)O)C(C(CCCCCCCCCC(C)C)(CCCCCCCCCC(C)C)OP(O)O)(C(CCCCCCCCCC(C)C)(CCCCCCCCCC(C)C)OP(O)O)C(CCCCCCCCCC(C)C)(CCCCCCCCCC(C)C)OP(O)O. The third-order valence-corrected chi connectivity index (χ3v) is 28.7. The molecule has 0 radical (unpaired) electrons. The second-order valence-corrected chi connectivity index (χ2v) is 44.1. The zero-order chi connectivity index (χ0) is 87.2. The monoisotopic (exact) mass is 1740 g/mol. The first-order chi connectivity index (χ1) is 56.0. The van der Waals surface area contributed by atoms with Crippen LogP contribution in [0.2, 0.25) is 0 Å². The molecule has 0 aliphatic rings. The molecule has 12 nitrogen and oxygen atoms in total. The Kier molecular flexibility index (Phi) is 78.0. The lowest BCUT2D eigenvalue weighted by molar-refractivity contribution is -0.336. The van der Waals surface area contributed by atoms with Gasteiger partial charge in [0, 0.05) is 0 Å². The van der Waals surface area contributed by atoms with E-state index in [-0.39, 0.29) is 0 Å². The Morgan fingerprint density at radius 1 is 0.145 bits per heavy atom. The Hall–Kier alpha value is 1.24. The van der Waals surface area contributed by atoms with E-state index in [1.165, 1.54) is 154 Å². The molecule has 0 spiro atoms. The van der Waals surface area contributed by atoms with Crippen molar-refractivity contribution in [2.24, 2.45) is 52.8 Å². The van der Waals surface area contributed by atoms with E-state index in [0.717, 1.165) is 205 Å². The van der Waals surface area contributed by atoms with Gasteiger partial charge >= 0.3 is 34.4 Å². The first kappa shape index (κ1) is 118. The maximum Gasteiger partial charge on any atom is 0.327 e. The standard InChI is InChI=1S/C101H208O12P4/c1-89(2)73-57-41-25-17-33-49-65-81-97(110-114(102)103,82-66-50-34-18-26-42-58-74-90(3)4)101(98(111-115(104)105,83-67-51-35-19-27-43-59-75-91(5)6)84-68-52-36-20-28-44-60-76-92(7)8,99(112-116(106)107,85-69-53-37-21-29-45-61-77-93(9)10)86-70-54-38-22-30-46-62-78-94(11)12)100(113-117(108)109,87-71-55-39-23-31-47-63-79-95(13)14)88-72-56-40-24-32-48-64-80-96(15)16/h89-96,102-109H,17-88H2,1-16H3. The molecule has 704 valence electrons. The van der Waals surface area contributed by atoms with Gasteiger partial charge in [-0.25, -0.2) is 0 Å². The molecule has 0 heterocycles. The number of rotatable bonds is 92. The topological polar surface area (TPSA) is 199 Å². The van der Waals surface area contributed by atoms with Crippen molar-refractivity contribution in [1.29, 1.82) is 0 Å². The zero-order valence-corrected chi connectivity index (χ0v) is 84.6. The van der Waals surface area contributed by atoms with E-state index in [1.54, 1.807) is 0 Å². The molecule has 0 unspecified atom stereocenters. The molecular formula is C101H208O12P4. The average molecular weight is 1740 g/mol. The molecule has 16 heteroatoms. The van der Waals surface area contributed by atoms with E-state index in [1.807, 2.05) is 0 Å². The summed E-state index contributed by atoms with van der Waals surface area (Å²) in [5.41, 5.74) is -8.84. The van der Waals surface area contributed by atoms with Crippen molar-refractivity contribution in [2.45, 2.75) is 595 Å². The van der Waals surface area contributed by atoms with Gasteiger partial charge in [-0.3, -0.25) is 0 Å². The fourth-order valence-electron chi connectivity index (χ4n) is 20.5. The minimum absolute atomic E-state index is 0.293. The van der Waals surface area contributed by atoms with Crippen LogP contribution in [0, 0.1) is 52.8 Å². The molecular weight excluding hydrogens is 1530 g/mol. The fraction of sp³-hybridized carbons (Fsp3) is 1.00. The van der Waals surface area contributed by atoms with E-state index in [2.05, 4.69) is 111 Å². The largest absolute Gasteiger partial charge is 0.328 e. The molecule has 0 aromatic rings. The second-order valence-electron chi connectivity index (χ2n) is 41.4. The molecule has 0 atom stereocenters. The Bertz CT molecular complexity index is 1690. The maximum atomic E-state index is 12.9. The summed E-state index contributed by atoms with van der Waals surface area (Å²) in [5.74, 6) is 5.27. The van der Waals surface area contributed by atoms with Crippen molar-refractivity contribution in [3.05, 3.63) is 0 Å². The highest BCUT2D eigenvalue weighted by molar-refractivity contribution is 7.40. The van der Waals surface area contributed by atoms with Gasteiger partial charge in [0.1, 0.15) is 0 Å². The van der Waals surface area contributed by atoms with Crippen molar-refractivity contribution in [3.63, 3.8) is 0 Å². The quantitative estimate of drug-likeness (QED) is 0.0212. The lowest BCUT2D eigenvalue weighted by atomic mass is 9.40. The van der Waals surface area contributed by atoms with Crippen LogP contribution in [0.3, 0.4) is 0 Å². The first-order valence-electron chi connectivity index (χ1n) is 51.5. The van der Waals surface area contributed by atoms with Crippen molar-refractivity contribution in [3.8, 4) is 0 Å². The molecule has 0 rings (SSSR count).